The zero-order valence-corrected chi connectivity index (χ0v) is 12.8. The van der Waals surface area contributed by atoms with Gasteiger partial charge in [0.2, 0.25) is 0 Å². The lowest BCUT2D eigenvalue weighted by Gasteiger charge is -2.15. The molecule has 0 aliphatic carbocycles. The highest BCUT2D eigenvalue weighted by molar-refractivity contribution is 5.74. The Labute approximate surface area is 125 Å². The van der Waals surface area contributed by atoms with E-state index in [2.05, 4.69) is 32.9 Å². The first-order valence-corrected chi connectivity index (χ1v) is 7.41. The molecular formula is C18H22O3. The Morgan fingerprint density at radius 2 is 1.14 bits per heavy atom. The molecule has 2 aromatic rings. The van der Waals surface area contributed by atoms with Gasteiger partial charge in [-0.2, -0.15) is 0 Å². The second-order valence-corrected chi connectivity index (χ2v) is 5.20. The highest BCUT2D eigenvalue weighted by atomic mass is 16.3. The summed E-state index contributed by atoms with van der Waals surface area (Å²) in [5.41, 5.74) is 5.50. The molecule has 0 saturated carbocycles. The number of aromatic hydroxyl groups is 3. The Balaban J connectivity index is 2.67. The summed E-state index contributed by atoms with van der Waals surface area (Å²) < 4.78 is 0. The molecule has 0 amide bonds. The summed E-state index contributed by atoms with van der Waals surface area (Å²) in [6.07, 6.45) is 2.80. The molecule has 0 heterocycles. The lowest BCUT2D eigenvalue weighted by atomic mass is 9.90. The molecule has 0 unspecified atom stereocenters. The third kappa shape index (κ3) is 2.82. The zero-order chi connectivity index (χ0) is 15.6. The van der Waals surface area contributed by atoms with Gasteiger partial charge in [-0.15, -0.1) is 0 Å². The maximum atomic E-state index is 9.72. The molecule has 2 aromatic carbocycles. The van der Waals surface area contributed by atoms with Crippen molar-refractivity contribution in [2.45, 2.75) is 40.0 Å². The zero-order valence-electron chi connectivity index (χ0n) is 12.8. The maximum absolute atomic E-state index is 9.72. The number of aryl methyl sites for hydroxylation is 3. The summed E-state index contributed by atoms with van der Waals surface area (Å²) in [5.74, 6) is -1.08. The predicted molar refractivity (Wildman–Crippen MR) is 85.0 cm³/mol. The van der Waals surface area contributed by atoms with Crippen LogP contribution in [0.4, 0.5) is 0 Å². The SMILES string of the molecule is CCc1cc(CC)c(-c2cc(O)c(O)c(O)c2)cc1CC. The van der Waals surface area contributed by atoms with E-state index in [9.17, 15) is 15.3 Å². The Kier molecular flexibility index (Phi) is 4.41. The normalized spacial score (nSPS) is 10.8. The lowest BCUT2D eigenvalue weighted by molar-refractivity contribution is 0.368. The molecule has 0 aliphatic rings. The predicted octanol–water partition coefficient (Wildman–Crippen LogP) is 4.16. The van der Waals surface area contributed by atoms with Gasteiger partial charge in [0, 0.05) is 0 Å². The van der Waals surface area contributed by atoms with E-state index < -0.39 is 5.75 Å². The van der Waals surface area contributed by atoms with Crippen molar-refractivity contribution in [3.63, 3.8) is 0 Å². The highest BCUT2D eigenvalue weighted by Gasteiger charge is 2.13. The van der Waals surface area contributed by atoms with Crippen LogP contribution in [0.3, 0.4) is 0 Å². The molecule has 2 rings (SSSR count). The molecule has 112 valence electrons. The minimum Gasteiger partial charge on any atom is -0.504 e. The van der Waals surface area contributed by atoms with E-state index in [1.807, 2.05) is 0 Å². The fourth-order valence-corrected chi connectivity index (χ4v) is 2.72. The topological polar surface area (TPSA) is 60.7 Å². The molecular weight excluding hydrogens is 264 g/mol. The third-order valence-electron chi connectivity index (χ3n) is 3.95. The molecule has 21 heavy (non-hydrogen) atoms. The standard InChI is InChI=1S/C18H22O3/c1-4-11-7-13(6-3)15(8-12(11)5-2)14-9-16(19)18(21)17(20)10-14/h7-10,19-21H,4-6H2,1-3H3. The van der Waals surface area contributed by atoms with Gasteiger partial charge in [0.05, 0.1) is 0 Å². The van der Waals surface area contributed by atoms with E-state index in [0.717, 1.165) is 30.4 Å². The first kappa shape index (κ1) is 15.2. The van der Waals surface area contributed by atoms with Gasteiger partial charge in [-0.1, -0.05) is 32.9 Å². The Morgan fingerprint density at radius 1 is 0.667 bits per heavy atom. The van der Waals surface area contributed by atoms with Crippen molar-refractivity contribution in [1.82, 2.24) is 0 Å². The average Bonchev–Trinajstić information content (AvgIpc) is 2.50. The molecule has 0 fully saturated rings. The molecule has 0 saturated heterocycles. The van der Waals surface area contributed by atoms with Crippen LogP contribution in [0.1, 0.15) is 37.5 Å². The van der Waals surface area contributed by atoms with Crippen LogP contribution in [0.25, 0.3) is 11.1 Å². The minimum atomic E-state index is -0.474. The molecule has 0 bridgehead atoms. The summed E-state index contributed by atoms with van der Waals surface area (Å²) in [6.45, 7) is 6.35. The highest BCUT2D eigenvalue weighted by Crippen LogP contribution is 2.40. The summed E-state index contributed by atoms with van der Waals surface area (Å²) in [6, 6.07) is 7.32. The van der Waals surface area contributed by atoms with Crippen LogP contribution in [-0.2, 0) is 19.3 Å². The van der Waals surface area contributed by atoms with Gasteiger partial charge in [-0.3, -0.25) is 0 Å². The largest absolute Gasteiger partial charge is 0.504 e. The second-order valence-electron chi connectivity index (χ2n) is 5.20. The van der Waals surface area contributed by atoms with Crippen LogP contribution < -0.4 is 0 Å². The van der Waals surface area contributed by atoms with Gasteiger partial charge in [0.25, 0.3) is 0 Å². The molecule has 3 N–H and O–H groups in total. The Bertz CT molecular complexity index is 637. The summed E-state index contributed by atoms with van der Waals surface area (Å²) in [7, 11) is 0. The number of benzene rings is 2. The number of phenolic OH excluding ortho intramolecular Hbond substituents is 3. The van der Waals surface area contributed by atoms with E-state index in [4.69, 9.17) is 0 Å². The van der Waals surface area contributed by atoms with Crippen molar-refractivity contribution in [3.8, 4) is 28.4 Å². The van der Waals surface area contributed by atoms with Gasteiger partial charge >= 0.3 is 0 Å². The van der Waals surface area contributed by atoms with Crippen molar-refractivity contribution in [1.29, 1.82) is 0 Å². The van der Waals surface area contributed by atoms with Crippen molar-refractivity contribution in [2.24, 2.45) is 0 Å². The number of hydrogen-bond acceptors (Lipinski definition) is 3. The van der Waals surface area contributed by atoms with Crippen molar-refractivity contribution < 1.29 is 15.3 Å². The summed E-state index contributed by atoms with van der Waals surface area (Å²) in [5, 5.41) is 28.9. The van der Waals surface area contributed by atoms with Gasteiger partial charge in [-0.25, -0.2) is 0 Å². The van der Waals surface area contributed by atoms with Crippen LogP contribution >= 0.6 is 0 Å². The molecule has 0 atom stereocenters. The minimum absolute atomic E-state index is 0.301. The van der Waals surface area contributed by atoms with E-state index in [1.165, 1.54) is 28.8 Å². The second kappa shape index (κ2) is 6.08. The van der Waals surface area contributed by atoms with Crippen LogP contribution in [0.5, 0.6) is 17.2 Å². The smallest absolute Gasteiger partial charge is 0.200 e. The quantitative estimate of drug-likeness (QED) is 0.740. The van der Waals surface area contributed by atoms with E-state index in [0.29, 0.717) is 0 Å². The summed E-state index contributed by atoms with van der Waals surface area (Å²) in [4.78, 5) is 0. The molecule has 0 spiro atoms. The van der Waals surface area contributed by atoms with Gasteiger partial charge in [0.1, 0.15) is 0 Å². The number of phenols is 3. The molecule has 0 aliphatic heterocycles. The van der Waals surface area contributed by atoms with Gasteiger partial charge < -0.3 is 15.3 Å². The van der Waals surface area contributed by atoms with E-state index in [1.54, 1.807) is 0 Å². The maximum Gasteiger partial charge on any atom is 0.200 e. The lowest BCUT2D eigenvalue weighted by Crippen LogP contribution is -1.97. The molecule has 3 nitrogen and oxygen atoms in total. The van der Waals surface area contributed by atoms with Crippen LogP contribution in [0, 0.1) is 0 Å². The summed E-state index contributed by atoms with van der Waals surface area (Å²) >= 11 is 0. The first-order valence-electron chi connectivity index (χ1n) is 7.41. The Hall–Kier alpha value is -2.16. The first-order chi connectivity index (χ1) is 10.0. The molecule has 0 aromatic heterocycles. The van der Waals surface area contributed by atoms with Crippen LogP contribution in [-0.4, -0.2) is 15.3 Å². The van der Waals surface area contributed by atoms with Crippen molar-refractivity contribution >= 4 is 0 Å². The van der Waals surface area contributed by atoms with Crippen LogP contribution in [0.15, 0.2) is 24.3 Å². The van der Waals surface area contributed by atoms with Crippen molar-refractivity contribution in [3.05, 3.63) is 41.0 Å². The fraction of sp³-hybridized carbons (Fsp3) is 0.333. The fourth-order valence-electron chi connectivity index (χ4n) is 2.72. The number of hydrogen-bond donors (Lipinski definition) is 3. The van der Waals surface area contributed by atoms with Gasteiger partial charge in [0.15, 0.2) is 17.2 Å². The monoisotopic (exact) mass is 286 g/mol. The average molecular weight is 286 g/mol. The van der Waals surface area contributed by atoms with Crippen molar-refractivity contribution in [2.75, 3.05) is 0 Å². The third-order valence-corrected chi connectivity index (χ3v) is 3.95. The van der Waals surface area contributed by atoms with Crippen LogP contribution in [0.2, 0.25) is 0 Å². The van der Waals surface area contributed by atoms with Gasteiger partial charge in [-0.05, 0) is 59.2 Å². The van der Waals surface area contributed by atoms with E-state index in [-0.39, 0.29) is 11.5 Å². The van der Waals surface area contributed by atoms with E-state index >= 15 is 0 Å². The molecule has 0 radical (unpaired) electrons. The Morgan fingerprint density at radius 3 is 1.62 bits per heavy atom. The molecule has 3 heteroatoms. The number of rotatable bonds is 4.